The molecule has 1 aliphatic heterocycles. The van der Waals surface area contributed by atoms with Crippen LogP contribution in [-0.2, 0) is 0 Å². The first-order valence-electron chi connectivity index (χ1n) is 8.80. The molecule has 1 aliphatic rings. The van der Waals surface area contributed by atoms with Gasteiger partial charge in [0.15, 0.2) is 11.4 Å². The summed E-state index contributed by atoms with van der Waals surface area (Å²) in [4.78, 5) is 13.6. The number of nitrogens with zero attached hydrogens (tertiary/aromatic N) is 4. The molecule has 128 valence electrons. The number of para-hydroxylation sites is 1. The van der Waals surface area contributed by atoms with E-state index in [2.05, 4.69) is 71.8 Å². The van der Waals surface area contributed by atoms with Gasteiger partial charge >= 0.3 is 0 Å². The van der Waals surface area contributed by atoms with Crippen LogP contribution in [0.25, 0.3) is 22.1 Å². The van der Waals surface area contributed by atoms with E-state index in [4.69, 9.17) is 4.42 Å². The Balaban J connectivity index is 1.74. The highest BCUT2D eigenvalue weighted by Gasteiger charge is 2.35. The standard InChI is InChI=1S/C20H19BN4O/c1-20(2,21)25-12-24(16-9-5-10-22-18(16)25)15-8-3-6-13-14-7-4-11-23-19(14)26-17(13)15/h3-11H,12,21H2,1-2H3. The third-order valence-corrected chi connectivity index (χ3v) is 4.95. The van der Waals surface area contributed by atoms with Crippen molar-refractivity contribution in [1.29, 1.82) is 0 Å². The Morgan fingerprint density at radius 2 is 1.69 bits per heavy atom. The lowest BCUT2D eigenvalue weighted by molar-refractivity contribution is 0.631. The predicted octanol–water partition coefficient (Wildman–Crippen LogP) is 3.66. The van der Waals surface area contributed by atoms with Crippen LogP contribution in [0, 0.1) is 0 Å². The van der Waals surface area contributed by atoms with Crippen LogP contribution in [0.15, 0.2) is 59.3 Å². The average molecular weight is 342 g/mol. The van der Waals surface area contributed by atoms with Crippen LogP contribution in [0.4, 0.5) is 17.2 Å². The fourth-order valence-electron chi connectivity index (χ4n) is 3.66. The van der Waals surface area contributed by atoms with E-state index >= 15 is 0 Å². The van der Waals surface area contributed by atoms with E-state index < -0.39 is 0 Å². The number of fused-ring (bicyclic) bond motifs is 4. The van der Waals surface area contributed by atoms with Gasteiger partial charge in [0.1, 0.15) is 7.85 Å². The quantitative estimate of drug-likeness (QED) is 0.520. The van der Waals surface area contributed by atoms with E-state index in [0.717, 1.165) is 40.2 Å². The molecular weight excluding hydrogens is 323 g/mol. The summed E-state index contributed by atoms with van der Waals surface area (Å²) in [6, 6.07) is 14.4. The second-order valence-corrected chi connectivity index (χ2v) is 7.63. The summed E-state index contributed by atoms with van der Waals surface area (Å²) < 4.78 is 6.14. The van der Waals surface area contributed by atoms with Gasteiger partial charge in [0.05, 0.1) is 18.0 Å². The second-order valence-electron chi connectivity index (χ2n) is 7.63. The van der Waals surface area contributed by atoms with Crippen molar-refractivity contribution in [2.45, 2.75) is 19.3 Å². The number of hydrogen-bond acceptors (Lipinski definition) is 5. The van der Waals surface area contributed by atoms with Crippen molar-refractivity contribution in [3.8, 4) is 0 Å². The van der Waals surface area contributed by atoms with Crippen molar-refractivity contribution in [3.63, 3.8) is 0 Å². The summed E-state index contributed by atoms with van der Waals surface area (Å²) in [5.41, 5.74) is 3.66. The van der Waals surface area contributed by atoms with Crippen LogP contribution >= 0.6 is 0 Å². The summed E-state index contributed by atoms with van der Waals surface area (Å²) in [7, 11) is 2.21. The van der Waals surface area contributed by atoms with E-state index in [-0.39, 0.29) is 5.44 Å². The van der Waals surface area contributed by atoms with Crippen molar-refractivity contribution in [1.82, 2.24) is 9.97 Å². The second kappa shape index (κ2) is 5.24. The van der Waals surface area contributed by atoms with E-state index in [1.807, 2.05) is 18.3 Å². The molecule has 1 aromatic carbocycles. The Morgan fingerprint density at radius 3 is 2.54 bits per heavy atom. The van der Waals surface area contributed by atoms with Gasteiger partial charge in [0.25, 0.3) is 0 Å². The van der Waals surface area contributed by atoms with Gasteiger partial charge in [-0.3, -0.25) is 0 Å². The molecule has 0 amide bonds. The first kappa shape index (κ1) is 15.3. The van der Waals surface area contributed by atoms with Crippen LogP contribution in [0.2, 0.25) is 0 Å². The van der Waals surface area contributed by atoms with Crippen molar-refractivity contribution in [2.24, 2.45) is 0 Å². The third kappa shape index (κ3) is 2.11. The number of furan rings is 1. The van der Waals surface area contributed by atoms with E-state index in [0.29, 0.717) is 5.71 Å². The molecule has 3 aromatic heterocycles. The van der Waals surface area contributed by atoms with Crippen LogP contribution in [-0.4, -0.2) is 29.9 Å². The summed E-state index contributed by atoms with van der Waals surface area (Å²) in [6.45, 7) is 5.15. The fraction of sp³-hybridized carbons (Fsp3) is 0.200. The minimum Gasteiger partial charge on any atom is -0.436 e. The molecule has 0 radical (unpaired) electrons. The molecule has 0 spiro atoms. The number of aromatic nitrogens is 2. The van der Waals surface area contributed by atoms with Crippen LogP contribution in [0.1, 0.15) is 13.8 Å². The van der Waals surface area contributed by atoms with Crippen molar-refractivity contribution in [3.05, 3.63) is 54.9 Å². The number of pyridine rings is 2. The lowest BCUT2D eigenvalue weighted by Crippen LogP contribution is -2.46. The SMILES string of the molecule is BC(C)(C)N1CN(c2cccc3c2oc2ncccc23)c2cccnc21. The van der Waals surface area contributed by atoms with E-state index in [1.165, 1.54) is 0 Å². The molecule has 4 heterocycles. The van der Waals surface area contributed by atoms with E-state index in [9.17, 15) is 0 Å². The first-order valence-corrected chi connectivity index (χ1v) is 8.80. The van der Waals surface area contributed by atoms with Crippen molar-refractivity contribution in [2.75, 3.05) is 16.5 Å². The highest BCUT2D eigenvalue weighted by atomic mass is 16.3. The Morgan fingerprint density at radius 1 is 0.962 bits per heavy atom. The summed E-state index contributed by atoms with van der Waals surface area (Å²) >= 11 is 0. The van der Waals surface area contributed by atoms with Crippen LogP contribution in [0.5, 0.6) is 0 Å². The van der Waals surface area contributed by atoms with E-state index in [1.54, 1.807) is 6.20 Å². The molecule has 0 N–H and O–H groups in total. The van der Waals surface area contributed by atoms with Gasteiger partial charge < -0.3 is 14.2 Å². The van der Waals surface area contributed by atoms with Crippen LogP contribution in [0.3, 0.4) is 0 Å². The first-order chi connectivity index (χ1) is 12.5. The number of rotatable bonds is 2. The number of hydrogen-bond donors (Lipinski definition) is 0. The summed E-state index contributed by atoms with van der Waals surface area (Å²) in [5.74, 6) is 1.01. The molecule has 26 heavy (non-hydrogen) atoms. The molecule has 0 bridgehead atoms. The van der Waals surface area contributed by atoms with Gasteiger partial charge in [-0.25, -0.2) is 9.97 Å². The molecule has 5 rings (SSSR count). The molecule has 0 saturated carbocycles. The summed E-state index contributed by atoms with van der Waals surface area (Å²) in [6.07, 6.45) is 3.62. The number of anilines is 3. The molecular formula is C20H19BN4O. The monoisotopic (exact) mass is 342 g/mol. The lowest BCUT2D eigenvalue weighted by Gasteiger charge is -2.33. The molecule has 4 aromatic rings. The van der Waals surface area contributed by atoms with Crippen molar-refractivity contribution < 1.29 is 4.42 Å². The predicted molar refractivity (Wildman–Crippen MR) is 108 cm³/mol. The Labute approximate surface area is 152 Å². The molecule has 6 heteroatoms. The average Bonchev–Trinajstić information content (AvgIpc) is 3.20. The maximum Gasteiger partial charge on any atom is 0.227 e. The zero-order valence-corrected chi connectivity index (χ0v) is 15.1. The van der Waals surface area contributed by atoms with Crippen molar-refractivity contribution >= 4 is 47.1 Å². The highest BCUT2D eigenvalue weighted by Crippen LogP contribution is 2.44. The minimum atomic E-state index is -0.0266. The fourth-order valence-corrected chi connectivity index (χ4v) is 3.66. The highest BCUT2D eigenvalue weighted by molar-refractivity contribution is 6.17. The van der Waals surface area contributed by atoms with Crippen LogP contribution < -0.4 is 9.80 Å². The smallest absolute Gasteiger partial charge is 0.227 e. The molecule has 0 unspecified atom stereocenters. The molecule has 0 saturated heterocycles. The van der Waals surface area contributed by atoms with Gasteiger partial charge in [-0.2, -0.15) is 0 Å². The Kier molecular flexibility index (Phi) is 3.07. The van der Waals surface area contributed by atoms with Gasteiger partial charge in [-0.05, 0) is 44.2 Å². The Hall–Kier alpha value is -3.02. The third-order valence-electron chi connectivity index (χ3n) is 4.95. The van der Waals surface area contributed by atoms with Gasteiger partial charge in [0.2, 0.25) is 5.71 Å². The lowest BCUT2D eigenvalue weighted by atomic mass is 9.80. The molecule has 0 atom stereocenters. The Bertz CT molecular complexity index is 1130. The van der Waals surface area contributed by atoms with Gasteiger partial charge in [-0.15, -0.1) is 0 Å². The molecule has 0 aliphatic carbocycles. The molecule has 5 nitrogen and oxygen atoms in total. The normalized spacial score (nSPS) is 14.4. The zero-order chi connectivity index (χ0) is 17.9. The maximum atomic E-state index is 6.14. The minimum absolute atomic E-state index is 0.0266. The topological polar surface area (TPSA) is 45.4 Å². The van der Waals surface area contributed by atoms with Gasteiger partial charge in [0, 0.05) is 28.6 Å². The largest absolute Gasteiger partial charge is 0.436 e. The molecule has 0 fully saturated rings. The van der Waals surface area contributed by atoms with Gasteiger partial charge in [-0.1, -0.05) is 12.1 Å². The number of benzene rings is 1. The maximum absolute atomic E-state index is 6.14. The summed E-state index contributed by atoms with van der Waals surface area (Å²) in [5, 5.41) is 2.13. The zero-order valence-electron chi connectivity index (χ0n) is 15.1.